The summed E-state index contributed by atoms with van der Waals surface area (Å²) in [5.74, 6) is -1.44. The summed E-state index contributed by atoms with van der Waals surface area (Å²) in [5, 5.41) is 0. The number of carbonyl (C=O) groups is 2. The highest BCUT2D eigenvalue weighted by atomic mass is 79.9. The molecule has 0 saturated carbocycles. The lowest BCUT2D eigenvalue weighted by Crippen LogP contribution is -2.09. The minimum Gasteiger partial charge on any atom is -0.466 e. The number of rotatable bonds is 5. The van der Waals surface area contributed by atoms with Gasteiger partial charge in [0, 0.05) is 10.9 Å². The normalized spacial score (nSPS) is 10.1. The number of ether oxygens (including phenoxy) is 1. The summed E-state index contributed by atoms with van der Waals surface area (Å²) < 4.78 is 18.7. The van der Waals surface area contributed by atoms with Crippen molar-refractivity contribution >= 4 is 27.7 Å². The number of halogens is 2. The van der Waals surface area contributed by atoms with E-state index in [9.17, 15) is 14.0 Å². The zero-order chi connectivity index (χ0) is 12.8. The van der Waals surface area contributed by atoms with Crippen LogP contribution in [0.3, 0.4) is 0 Å². The van der Waals surface area contributed by atoms with E-state index in [2.05, 4.69) is 20.7 Å². The Morgan fingerprint density at radius 1 is 1.35 bits per heavy atom. The molecule has 5 heteroatoms. The molecule has 0 spiro atoms. The van der Waals surface area contributed by atoms with Gasteiger partial charge in [0.15, 0.2) is 5.78 Å². The highest BCUT2D eigenvalue weighted by Gasteiger charge is 2.13. The summed E-state index contributed by atoms with van der Waals surface area (Å²) in [6.07, 6.45) is -0.0699. The van der Waals surface area contributed by atoms with Crippen LogP contribution in [-0.2, 0) is 9.53 Å². The molecule has 0 radical (unpaired) electrons. The SMILES string of the molecule is CCOC(=O)CCC(=O)c1ccc(Br)cc1F. The predicted molar refractivity (Wildman–Crippen MR) is 64.3 cm³/mol. The molecule has 1 rings (SSSR count). The van der Waals surface area contributed by atoms with Gasteiger partial charge >= 0.3 is 5.97 Å². The number of ketones is 1. The molecule has 92 valence electrons. The second kappa shape index (κ2) is 6.49. The molecular formula is C12H12BrFO3. The molecule has 0 aliphatic carbocycles. The van der Waals surface area contributed by atoms with Crippen molar-refractivity contribution in [2.45, 2.75) is 19.8 Å². The number of benzene rings is 1. The lowest BCUT2D eigenvalue weighted by molar-refractivity contribution is -0.143. The zero-order valence-corrected chi connectivity index (χ0v) is 10.9. The average Bonchev–Trinajstić information content (AvgIpc) is 2.26. The molecule has 17 heavy (non-hydrogen) atoms. The Labute approximate surface area is 107 Å². The molecule has 1 aromatic rings. The van der Waals surface area contributed by atoms with E-state index in [0.717, 1.165) is 0 Å². The minimum absolute atomic E-state index is 0.00232. The molecule has 0 atom stereocenters. The van der Waals surface area contributed by atoms with E-state index < -0.39 is 17.6 Å². The van der Waals surface area contributed by atoms with Crippen LogP contribution in [0.2, 0.25) is 0 Å². The Morgan fingerprint density at radius 3 is 2.65 bits per heavy atom. The van der Waals surface area contributed by atoms with Crippen molar-refractivity contribution in [3.05, 3.63) is 34.1 Å². The summed E-state index contributed by atoms with van der Waals surface area (Å²) >= 11 is 3.10. The number of hydrogen-bond acceptors (Lipinski definition) is 3. The molecule has 0 bridgehead atoms. The van der Waals surface area contributed by atoms with Crippen LogP contribution >= 0.6 is 15.9 Å². The second-order valence-corrected chi connectivity index (χ2v) is 4.27. The van der Waals surface area contributed by atoms with Gasteiger partial charge in [-0.05, 0) is 25.1 Å². The first-order valence-electron chi connectivity index (χ1n) is 5.18. The molecule has 0 fully saturated rings. The summed E-state index contributed by atoms with van der Waals surface area (Å²) in [6, 6.07) is 4.20. The van der Waals surface area contributed by atoms with Crippen molar-refractivity contribution in [3.63, 3.8) is 0 Å². The lowest BCUT2D eigenvalue weighted by Gasteiger charge is -2.03. The molecule has 0 N–H and O–H groups in total. The zero-order valence-electron chi connectivity index (χ0n) is 9.33. The number of Topliss-reactive ketones (excluding diaryl/α,β-unsaturated/α-hetero) is 1. The molecule has 3 nitrogen and oxygen atoms in total. The van der Waals surface area contributed by atoms with Gasteiger partial charge in [0.05, 0.1) is 18.6 Å². The van der Waals surface area contributed by atoms with E-state index in [1.54, 1.807) is 13.0 Å². The number of carbonyl (C=O) groups excluding carboxylic acids is 2. The quantitative estimate of drug-likeness (QED) is 0.620. The van der Waals surface area contributed by atoms with Gasteiger partial charge in [-0.3, -0.25) is 9.59 Å². The van der Waals surface area contributed by atoms with Crippen molar-refractivity contribution in [3.8, 4) is 0 Å². The van der Waals surface area contributed by atoms with Crippen LogP contribution in [0.25, 0.3) is 0 Å². The summed E-state index contributed by atoms with van der Waals surface area (Å²) in [6.45, 7) is 1.97. The minimum atomic E-state index is -0.590. The van der Waals surface area contributed by atoms with E-state index in [-0.39, 0.29) is 25.0 Å². The molecule has 0 aliphatic rings. The fraction of sp³-hybridized carbons (Fsp3) is 0.333. The topological polar surface area (TPSA) is 43.4 Å². The number of esters is 1. The van der Waals surface area contributed by atoms with Gasteiger partial charge in [0.2, 0.25) is 0 Å². The second-order valence-electron chi connectivity index (χ2n) is 3.35. The largest absolute Gasteiger partial charge is 0.466 e. The fourth-order valence-corrected chi connectivity index (χ4v) is 1.63. The Kier molecular flexibility index (Phi) is 5.28. The van der Waals surface area contributed by atoms with Gasteiger partial charge in [-0.15, -0.1) is 0 Å². The van der Waals surface area contributed by atoms with Crippen LogP contribution in [-0.4, -0.2) is 18.4 Å². The molecule has 0 unspecified atom stereocenters. The van der Waals surface area contributed by atoms with Crippen molar-refractivity contribution in [1.82, 2.24) is 0 Å². The van der Waals surface area contributed by atoms with E-state index in [4.69, 9.17) is 0 Å². The third-order valence-corrected chi connectivity index (χ3v) is 2.59. The van der Waals surface area contributed by atoms with Crippen LogP contribution in [0.1, 0.15) is 30.1 Å². The standard InChI is InChI=1S/C12H12BrFO3/c1-2-17-12(16)6-5-11(15)9-4-3-8(13)7-10(9)14/h3-4,7H,2,5-6H2,1H3. The summed E-state index contributed by atoms with van der Waals surface area (Å²) in [5.41, 5.74) is -0.00232. The Hall–Kier alpha value is -1.23. The van der Waals surface area contributed by atoms with Crippen LogP contribution in [0, 0.1) is 5.82 Å². The highest BCUT2D eigenvalue weighted by molar-refractivity contribution is 9.10. The first-order chi connectivity index (χ1) is 8.04. The van der Waals surface area contributed by atoms with E-state index in [1.165, 1.54) is 12.1 Å². The van der Waals surface area contributed by atoms with Crippen molar-refractivity contribution in [2.24, 2.45) is 0 Å². The predicted octanol–water partition coefficient (Wildman–Crippen LogP) is 3.11. The molecule has 0 heterocycles. The van der Waals surface area contributed by atoms with Crippen LogP contribution in [0.15, 0.2) is 22.7 Å². The third kappa shape index (κ3) is 4.26. The van der Waals surface area contributed by atoms with Crippen LogP contribution < -0.4 is 0 Å². The molecule has 0 aliphatic heterocycles. The maximum absolute atomic E-state index is 13.4. The van der Waals surface area contributed by atoms with Crippen molar-refractivity contribution in [2.75, 3.05) is 6.61 Å². The van der Waals surface area contributed by atoms with E-state index in [1.807, 2.05) is 0 Å². The van der Waals surface area contributed by atoms with Gasteiger partial charge in [-0.25, -0.2) is 4.39 Å². The Balaban J connectivity index is 2.61. The van der Waals surface area contributed by atoms with Crippen molar-refractivity contribution in [1.29, 1.82) is 0 Å². The smallest absolute Gasteiger partial charge is 0.306 e. The fourth-order valence-electron chi connectivity index (χ4n) is 1.30. The Bertz CT molecular complexity index is 432. The maximum Gasteiger partial charge on any atom is 0.306 e. The summed E-state index contributed by atoms with van der Waals surface area (Å²) in [7, 11) is 0. The van der Waals surface area contributed by atoms with Gasteiger partial charge in [0.1, 0.15) is 5.82 Å². The van der Waals surface area contributed by atoms with Gasteiger partial charge in [0.25, 0.3) is 0 Å². The van der Waals surface area contributed by atoms with Crippen LogP contribution in [0.4, 0.5) is 4.39 Å². The van der Waals surface area contributed by atoms with Crippen molar-refractivity contribution < 1.29 is 18.7 Å². The lowest BCUT2D eigenvalue weighted by atomic mass is 10.1. The number of hydrogen-bond donors (Lipinski definition) is 0. The highest BCUT2D eigenvalue weighted by Crippen LogP contribution is 2.17. The molecule has 0 aromatic heterocycles. The molecular weight excluding hydrogens is 291 g/mol. The van der Waals surface area contributed by atoms with Gasteiger partial charge < -0.3 is 4.74 Å². The average molecular weight is 303 g/mol. The Morgan fingerprint density at radius 2 is 2.06 bits per heavy atom. The first-order valence-corrected chi connectivity index (χ1v) is 5.97. The van der Waals surface area contributed by atoms with Gasteiger partial charge in [-0.1, -0.05) is 15.9 Å². The van der Waals surface area contributed by atoms with E-state index >= 15 is 0 Å². The first kappa shape index (κ1) is 13.8. The summed E-state index contributed by atoms with van der Waals surface area (Å²) in [4.78, 5) is 22.7. The maximum atomic E-state index is 13.4. The van der Waals surface area contributed by atoms with Crippen LogP contribution in [0.5, 0.6) is 0 Å². The molecule has 0 saturated heterocycles. The van der Waals surface area contributed by atoms with E-state index in [0.29, 0.717) is 4.47 Å². The molecule has 1 aromatic carbocycles. The van der Waals surface area contributed by atoms with Gasteiger partial charge in [-0.2, -0.15) is 0 Å². The monoisotopic (exact) mass is 302 g/mol. The molecule has 0 amide bonds. The third-order valence-electron chi connectivity index (χ3n) is 2.09.